The van der Waals surface area contributed by atoms with Gasteiger partial charge in [-0.3, -0.25) is 4.90 Å². The number of aromatic nitrogens is 4. The van der Waals surface area contributed by atoms with E-state index in [1.54, 1.807) is 10.7 Å². The fourth-order valence-corrected chi connectivity index (χ4v) is 4.49. The van der Waals surface area contributed by atoms with Crippen molar-refractivity contribution in [2.24, 2.45) is 0 Å². The number of ether oxygens (including phenoxy) is 1. The summed E-state index contributed by atoms with van der Waals surface area (Å²) in [6, 6.07) is 2.71. The molecule has 0 aromatic carbocycles. The van der Waals surface area contributed by atoms with Crippen LogP contribution in [-0.2, 0) is 17.5 Å². The van der Waals surface area contributed by atoms with Crippen molar-refractivity contribution in [2.75, 3.05) is 63.1 Å². The van der Waals surface area contributed by atoms with Gasteiger partial charge in [-0.15, -0.1) is 5.10 Å². The van der Waals surface area contributed by atoms with Crippen LogP contribution >= 0.6 is 0 Å². The maximum atomic E-state index is 13.8. The van der Waals surface area contributed by atoms with Gasteiger partial charge in [-0.25, -0.2) is 19.3 Å². The monoisotopic (exact) mass is 506 g/mol. The molecule has 2 aliphatic rings. The Bertz CT molecular complexity index is 1270. The van der Waals surface area contributed by atoms with Gasteiger partial charge in [0.2, 0.25) is 0 Å². The van der Waals surface area contributed by atoms with Crippen LogP contribution in [0.4, 0.5) is 29.6 Å². The van der Waals surface area contributed by atoms with Crippen LogP contribution in [0.2, 0.25) is 0 Å². The molecule has 0 bridgehead atoms. The summed E-state index contributed by atoms with van der Waals surface area (Å²) < 4.78 is 48.4. The zero-order valence-corrected chi connectivity index (χ0v) is 19.3. The first-order chi connectivity index (χ1) is 17.2. The van der Waals surface area contributed by atoms with E-state index in [1.807, 2.05) is 11.0 Å². The number of hydrogen-bond acceptors (Lipinski definition) is 8. The number of nitrogens with zero attached hydrogens (tertiary/aromatic N) is 7. The zero-order valence-electron chi connectivity index (χ0n) is 19.3. The maximum absolute atomic E-state index is 13.8. The van der Waals surface area contributed by atoms with E-state index in [4.69, 9.17) is 15.6 Å². The number of nitrogen functional groups attached to an aromatic ring is 1. The summed E-state index contributed by atoms with van der Waals surface area (Å²) in [4.78, 5) is 25.1. The Morgan fingerprint density at radius 3 is 2.50 bits per heavy atom. The number of rotatable bonds is 4. The highest BCUT2D eigenvalue weighted by Crippen LogP contribution is 2.37. The number of morpholine rings is 1. The lowest BCUT2D eigenvalue weighted by Gasteiger charge is -2.32. The molecule has 14 heteroatoms. The molecule has 36 heavy (non-hydrogen) atoms. The summed E-state index contributed by atoms with van der Waals surface area (Å²) in [6.45, 7) is 4.56. The van der Waals surface area contributed by atoms with Crippen molar-refractivity contribution in [1.29, 1.82) is 0 Å². The van der Waals surface area contributed by atoms with Crippen LogP contribution in [0, 0.1) is 0 Å². The second-order valence-electron chi connectivity index (χ2n) is 8.73. The molecule has 3 aromatic rings. The molecule has 11 nitrogen and oxygen atoms in total. The number of piperazine rings is 1. The van der Waals surface area contributed by atoms with Crippen molar-refractivity contribution < 1.29 is 27.8 Å². The van der Waals surface area contributed by atoms with Crippen LogP contribution in [0.1, 0.15) is 11.1 Å². The predicted octanol–water partition coefficient (Wildman–Crippen LogP) is 2.02. The van der Waals surface area contributed by atoms with Crippen LogP contribution < -0.4 is 10.6 Å². The predicted molar refractivity (Wildman–Crippen MR) is 124 cm³/mol. The van der Waals surface area contributed by atoms with Crippen LogP contribution in [0.25, 0.3) is 16.9 Å². The van der Waals surface area contributed by atoms with Gasteiger partial charge >= 0.3 is 12.3 Å². The average Bonchev–Trinajstić information content (AvgIpc) is 3.26. The van der Waals surface area contributed by atoms with Crippen LogP contribution in [0.5, 0.6) is 0 Å². The highest BCUT2D eigenvalue weighted by Gasteiger charge is 2.35. The molecule has 3 N–H and O–H groups in total. The average molecular weight is 506 g/mol. The van der Waals surface area contributed by atoms with Gasteiger partial charge in [-0.2, -0.15) is 13.2 Å². The number of nitrogens with two attached hydrogens (primary N) is 1. The smallest absolute Gasteiger partial charge is 0.417 e. The third kappa shape index (κ3) is 4.86. The van der Waals surface area contributed by atoms with Gasteiger partial charge in [-0.1, -0.05) is 0 Å². The third-order valence-corrected chi connectivity index (χ3v) is 6.33. The second-order valence-corrected chi connectivity index (χ2v) is 8.73. The Kier molecular flexibility index (Phi) is 6.30. The minimum atomic E-state index is -4.66. The van der Waals surface area contributed by atoms with E-state index in [2.05, 4.69) is 20.0 Å². The zero-order chi connectivity index (χ0) is 25.4. The molecule has 0 unspecified atom stereocenters. The van der Waals surface area contributed by atoms with Gasteiger partial charge in [0.1, 0.15) is 11.3 Å². The van der Waals surface area contributed by atoms with Gasteiger partial charge in [-0.05, 0) is 17.7 Å². The molecule has 5 rings (SSSR count). The third-order valence-electron chi connectivity index (χ3n) is 6.33. The fraction of sp³-hybridized carbons (Fsp3) is 0.455. The summed E-state index contributed by atoms with van der Waals surface area (Å²) in [7, 11) is 0. The largest absolute Gasteiger partial charge is 0.465 e. The summed E-state index contributed by atoms with van der Waals surface area (Å²) in [5, 5.41) is 13.6. The summed E-state index contributed by atoms with van der Waals surface area (Å²) in [5.41, 5.74) is 5.89. The quantitative estimate of drug-likeness (QED) is 0.547. The first kappa shape index (κ1) is 24.1. The lowest BCUT2D eigenvalue weighted by Crippen LogP contribution is -2.47. The molecule has 2 saturated heterocycles. The van der Waals surface area contributed by atoms with Crippen LogP contribution in [0.3, 0.4) is 0 Å². The summed E-state index contributed by atoms with van der Waals surface area (Å²) in [5.74, 6) is 0.156. The Morgan fingerprint density at radius 1 is 1.11 bits per heavy atom. The first-order valence-electron chi connectivity index (χ1n) is 11.4. The van der Waals surface area contributed by atoms with Gasteiger partial charge in [0, 0.05) is 58.2 Å². The highest BCUT2D eigenvalue weighted by atomic mass is 19.4. The van der Waals surface area contributed by atoms with E-state index in [0.29, 0.717) is 70.4 Å². The van der Waals surface area contributed by atoms with Crippen molar-refractivity contribution >= 4 is 23.2 Å². The van der Waals surface area contributed by atoms with E-state index >= 15 is 0 Å². The van der Waals surface area contributed by atoms with Crippen molar-refractivity contribution in [1.82, 2.24) is 29.4 Å². The number of halogens is 3. The topological polar surface area (TPSA) is 125 Å². The normalized spacial score (nSPS) is 17.6. The van der Waals surface area contributed by atoms with E-state index in [9.17, 15) is 18.0 Å². The molecule has 0 atom stereocenters. The molecule has 0 radical (unpaired) electrons. The number of amides is 1. The molecule has 0 saturated carbocycles. The maximum Gasteiger partial charge on any atom is 0.417 e. The standard InChI is InChI=1S/C22H25F3N8O3/c23-22(24,25)16-10-18(26)27-11-15(16)19-28-20(31-5-7-36-8-6-31)17-9-14(13-33(17)29-19)12-30-1-3-32(4-2-30)21(34)35/h9-11,13H,1-8,12H2,(H2,26,27)(H,34,35). The molecular weight excluding hydrogens is 481 g/mol. The van der Waals surface area contributed by atoms with Crippen molar-refractivity contribution in [3.63, 3.8) is 0 Å². The van der Waals surface area contributed by atoms with Crippen molar-refractivity contribution in [2.45, 2.75) is 12.7 Å². The van der Waals surface area contributed by atoms with E-state index < -0.39 is 17.8 Å². The lowest BCUT2D eigenvalue weighted by atomic mass is 10.1. The molecule has 3 aromatic heterocycles. The molecule has 1 amide bonds. The molecule has 192 valence electrons. The molecule has 2 aliphatic heterocycles. The van der Waals surface area contributed by atoms with Gasteiger partial charge < -0.3 is 25.4 Å². The lowest BCUT2D eigenvalue weighted by molar-refractivity contribution is -0.137. The molecule has 0 spiro atoms. The minimum absolute atomic E-state index is 0.110. The van der Waals surface area contributed by atoms with Gasteiger partial charge in [0.25, 0.3) is 0 Å². The minimum Gasteiger partial charge on any atom is -0.465 e. The van der Waals surface area contributed by atoms with Crippen LogP contribution in [-0.4, -0.2) is 93.1 Å². The fourth-order valence-electron chi connectivity index (χ4n) is 4.49. The van der Waals surface area contributed by atoms with E-state index in [0.717, 1.165) is 17.8 Å². The SMILES string of the molecule is Nc1cc(C(F)(F)F)c(-c2nc(N3CCOCC3)c3cc(CN4CCN(C(=O)O)CC4)cn3n2)cn1. The molecule has 0 aliphatic carbocycles. The second kappa shape index (κ2) is 9.43. The number of pyridine rings is 1. The van der Waals surface area contributed by atoms with Crippen molar-refractivity contribution in [3.05, 3.63) is 35.7 Å². The number of carbonyl (C=O) groups is 1. The highest BCUT2D eigenvalue weighted by molar-refractivity contribution is 5.73. The van der Waals surface area contributed by atoms with Crippen molar-refractivity contribution in [3.8, 4) is 11.4 Å². The Morgan fingerprint density at radius 2 is 1.83 bits per heavy atom. The van der Waals surface area contributed by atoms with Crippen LogP contribution in [0.15, 0.2) is 24.5 Å². The molecule has 5 heterocycles. The first-order valence-corrected chi connectivity index (χ1v) is 11.4. The number of fused-ring (bicyclic) bond motifs is 1. The number of alkyl halides is 3. The Balaban J connectivity index is 1.53. The summed E-state index contributed by atoms with van der Waals surface area (Å²) >= 11 is 0. The van der Waals surface area contributed by atoms with E-state index in [1.165, 1.54) is 4.90 Å². The summed E-state index contributed by atoms with van der Waals surface area (Å²) in [6.07, 6.45) is -2.78. The molecule has 2 fully saturated rings. The molecular formula is C22H25F3N8O3. The van der Waals surface area contributed by atoms with E-state index in [-0.39, 0.29) is 17.2 Å². The Labute approximate surface area is 203 Å². The number of carboxylic acid groups (broad SMARTS) is 1. The van der Waals surface area contributed by atoms with Gasteiger partial charge in [0.15, 0.2) is 11.6 Å². The number of hydrogen-bond donors (Lipinski definition) is 2. The van der Waals surface area contributed by atoms with Gasteiger partial charge in [0.05, 0.1) is 24.3 Å². The Hall–Kier alpha value is -3.65. The number of anilines is 2.